The van der Waals surface area contributed by atoms with Crippen LogP contribution in [0.25, 0.3) is 52.6 Å². The molecule has 17 heteroatoms. The summed E-state index contributed by atoms with van der Waals surface area (Å²) in [6, 6.07) is 18.2. The maximum absolute atomic E-state index is 14.4. The molecule has 2 aliphatic carbocycles. The van der Waals surface area contributed by atoms with E-state index in [9.17, 15) is 48.2 Å². The second-order valence-electron chi connectivity index (χ2n) is 14.8. The van der Waals surface area contributed by atoms with Crippen molar-refractivity contribution in [1.29, 1.82) is 21.0 Å². The standard InChI is InChI=1S/C46H22F4GeN4O4S4/c1-51(2)33-13-37(45-35(58-3)7-21(60-45)5-27-39(19(15-52)16-53)23-9-29(47)31(49)11-25(23)41(27)56)62-43(33)44-34(51)14-38(63-44)46-36(59-4)8-22(61-46)6-28-40(20(17-54)18-55)24-10-30(48)32(50)12-26(24)42(28)57/h5-14H,1-4H3/b27-5-,28-6-. The van der Waals surface area contributed by atoms with Crippen molar-refractivity contribution < 1.29 is 36.6 Å². The molecule has 0 bridgehead atoms. The number of nitrogens with zero attached hydrogens (tertiary/aromatic N) is 4. The molecule has 2 aromatic carbocycles. The number of methoxy groups -OCH3 is 2. The third kappa shape index (κ3) is 6.37. The summed E-state index contributed by atoms with van der Waals surface area (Å²) in [7, 11) is 3.05. The van der Waals surface area contributed by atoms with E-state index in [1.165, 1.54) is 57.8 Å². The number of rotatable bonds is 6. The fourth-order valence-electron chi connectivity index (χ4n) is 8.05. The summed E-state index contributed by atoms with van der Waals surface area (Å²) in [6.07, 6.45) is 3.02. The Morgan fingerprint density at radius 3 is 1.22 bits per heavy atom. The van der Waals surface area contributed by atoms with Gasteiger partial charge in [-0.05, 0) is 0 Å². The van der Waals surface area contributed by atoms with Crippen molar-refractivity contribution in [3.8, 4) is 65.0 Å². The van der Waals surface area contributed by atoms with Gasteiger partial charge in [-0.15, -0.1) is 0 Å². The molecule has 63 heavy (non-hydrogen) atoms. The molecule has 9 rings (SSSR count). The summed E-state index contributed by atoms with van der Waals surface area (Å²) >= 11 is 2.90. The Morgan fingerprint density at radius 2 is 0.889 bits per heavy atom. The van der Waals surface area contributed by atoms with E-state index in [1.807, 2.05) is 0 Å². The molecule has 0 saturated carbocycles. The van der Waals surface area contributed by atoms with Gasteiger partial charge >= 0.3 is 359 Å². The Bertz CT molecular complexity index is 3190. The number of fused-ring (bicyclic) bond motifs is 5. The average Bonchev–Trinajstić information content (AvgIpc) is 4.13. The Kier molecular flexibility index (Phi) is 10.1. The second-order valence-corrected chi connectivity index (χ2v) is 28.1. The first kappa shape index (κ1) is 41.7. The molecule has 306 valence electrons. The number of nitriles is 4. The first-order chi connectivity index (χ1) is 30.2. The van der Waals surface area contributed by atoms with Crippen LogP contribution in [0.1, 0.15) is 41.6 Å². The minimum atomic E-state index is -2.94. The maximum atomic E-state index is 14.4. The molecule has 4 aromatic heterocycles. The number of carbonyl (C=O) groups is 2. The molecule has 3 aliphatic rings. The number of ketones is 2. The molecule has 0 N–H and O–H groups in total. The van der Waals surface area contributed by atoms with Crippen LogP contribution in [0.4, 0.5) is 17.6 Å². The number of halogens is 4. The third-order valence-electron chi connectivity index (χ3n) is 11.0. The molecular weight excluding hydrogens is 949 g/mol. The summed E-state index contributed by atoms with van der Waals surface area (Å²) in [5, 5.41) is 39.0. The van der Waals surface area contributed by atoms with Crippen LogP contribution in [-0.2, 0) is 0 Å². The van der Waals surface area contributed by atoms with Gasteiger partial charge in [0, 0.05) is 0 Å². The van der Waals surface area contributed by atoms with E-state index in [0.29, 0.717) is 21.3 Å². The van der Waals surface area contributed by atoms with Crippen molar-refractivity contribution in [3.05, 3.63) is 126 Å². The molecule has 0 atom stereocenters. The molecule has 1 aliphatic heterocycles. The van der Waals surface area contributed by atoms with Crippen LogP contribution in [-0.4, -0.2) is 39.1 Å². The Morgan fingerprint density at radius 1 is 0.540 bits per heavy atom. The van der Waals surface area contributed by atoms with Gasteiger partial charge in [0.25, 0.3) is 0 Å². The van der Waals surface area contributed by atoms with Gasteiger partial charge in [0.05, 0.1) is 0 Å². The average molecular weight is 972 g/mol. The zero-order valence-electron chi connectivity index (χ0n) is 32.8. The van der Waals surface area contributed by atoms with Crippen molar-refractivity contribution >= 4 is 102 Å². The number of hydrogen-bond acceptors (Lipinski definition) is 12. The summed E-state index contributed by atoms with van der Waals surface area (Å²) in [5.74, 6) is -0.517. The van der Waals surface area contributed by atoms with E-state index in [-0.39, 0.29) is 44.5 Å². The Labute approximate surface area is 374 Å². The Hall–Kier alpha value is -6.64. The van der Waals surface area contributed by atoms with Gasteiger partial charge in [0.15, 0.2) is 0 Å². The van der Waals surface area contributed by atoms with Crippen LogP contribution in [0.5, 0.6) is 11.5 Å². The van der Waals surface area contributed by atoms with Crippen molar-refractivity contribution in [3.63, 3.8) is 0 Å². The zero-order valence-corrected chi connectivity index (χ0v) is 38.2. The molecule has 0 saturated heterocycles. The molecule has 0 amide bonds. The summed E-state index contributed by atoms with van der Waals surface area (Å²) in [5.41, 5.74) is -1.38. The first-order valence-corrected chi connectivity index (χ1v) is 28.0. The van der Waals surface area contributed by atoms with Gasteiger partial charge in [-0.1, -0.05) is 0 Å². The number of carbonyl (C=O) groups excluding carboxylic acids is 2. The van der Waals surface area contributed by atoms with Crippen LogP contribution in [0.15, 0.2) is 70.8 Å². The van der Waals surface area contributed by atoms with Gasteiger partial charge < -0.3 is 0 Å². The number of Topliss-reactive ketones (excluding diaryl/α,β-unsaturated/α-hetero) is 2. The molecule has 6 aromatic rings. The van der Waals surface area contributed by atoms with Crippen LogP contribution >= 0.6 is 45.3 Å². The fraction of sp³-hybridized carbons (Fsp3) is 0.0870. The van der Waals surface area contributed by atoms with Crippen molar-refractivity contribution in [2.75, 3.05) is 14.2 Å². The second kappa shape index (κ2) is 15.3. The minimum absolute atomic E-state index is 0.0308. The van der Waals surface area contributed by atoms with E-state index >= 15 is 0 Å². The van der Waals surface area contributed by atoms with E-state index in [2.05, 4.69) is 23.6 Å². The summed E-state index contributed by atoms with van der Waals surface area (Å²) in [4.78, 5) is 33.9. The molecule has 0 unspecified atom stereocenters. The van der Waals surface area contributed by atoms with Crippen LogP contribution in [0.2, 0.25) is 11.5 Å². The number of thiophene rings is 4. The number of allylic oxidation sites excluding steroid dienone is 6. The molecular formula is C46H22F4GeN4O4S4. The topological polar surface area (TPSA) is 148 Å². The van der Waals surface area contributed by atoms with E-state index in [0.717, 1.165) is 53.5 Å². The predicted molar refractivity (Wildman–Crippen MR) is 238 cm³/mol. The van der Waals surface area contributed by atoms with Crippen molar-refractivity contribution in [2.24, 2.45) is 0 Å². The van der Waals surface area contributed by atoms with Gasteiger partial charge in [0.1, 0.15) is 0 Å². The summed E-state index contributed by atoms with van der Waals surface area (Å²) in [6.45, 7) is 0. The quantitative estimate of drug-likeness (QED) is 0.0693. The molecule has 5 heterocycles. The van der Waals surface area contributed by atoms with Gasteiger partial charge in [-0.3, -0.25) is 0 Å². The van der Waals surface area contributed by atoms with E-state index < -0.39 is 59.2 Å². The van der Waals surface area contributed by atoms with Gasteiger partial charge in [0.2, 0.25) is 0 Å². The van der Waals surface area contributed by atoms with Crippen LogP contribution in [0.3, 0.4) is 0 Å². The number of hydrogen-bond donors (Lipinski definition) is 0. The van der Waals surface area contributed by atoms with Crippen LogP contribution in [0, 0.1) is 68.6 Å². The van der Waals surface area contributed by atoms with Gasteiger partial charge in [-0.2, -0.15) is 0 Å². The number of benzene rings is 2. The number of ether oxygens (including phenoxy) is 2. The van der Waals surface area contributed by atoms with E-state index in [4.69, 9.17) is 9.47 Å². The Balaban J connectivity index is 1.09. The third-order valence-corrected chi connectivity index (χ3v) is 24.0. The monoisotopic (exact) mass is 972 g/mol. The van der Waals surface area contributed by atoms with Gasteiger partial charge in [-0.25, -0.2) is 17.6 Å². The van der Waals surface area contributed by atoms with Crippen molar-refractivity contribution in [2.45, 2.75) is 11.5 Å². The molecule has 0 spiro atoms. The first-order valence-electron chi connectivity index (χ1n) is 18.4. The van der Waals surface area contributed by atoms with Crippen LogP contribution < -0.4 is 18.3 Å². The molecule has 0 radical (unpaired) electrons. The summed E-state index contributed by atoms with van der Waals surface area (Å²) < 4.78 is 71.4. The zero-order chi connectivity index (χ0) is 44.8. The SMILES string of the molecule is COc1cc(/C=C2\C(=O)c3cc(F)c(F)cc3C2=C(C#N)C#N)sc1-c1c[c]2c(s1)-c1sc(-c3sc(/C=C4\C(=O)c5cc(F)c(F)cc5C4=C(C#N)C#N)cc3OC)c[c]1[Ge]2([CH3])[CH3]. The predicted octanol–water partition coefficient (Wildman–Crippen LogP) is 10.8. The molecule has 8 nitrogen and oxygen atoms in total. The van der Waals surface area contributed by atoms with E-state index in [1.54, 1.807) is 59.1 Å². The fourth-order valence-corrected chi connectivity index (χ4v) is 22.4. The normalized spacial score (nSPS) is 15.4. The van der Waals surface area contributed by atoms with Crippen molar-refractivity contribution in [1.82, 2.24) is 0 Å². The molecule has 0 fully saturated rings.